The van der Waals surface area contributed by atoms with Gasteiger partial charge in [0.15, 0.2) is 5.84 Å². The standard InChI is InChI=1S/C21H37N5O3/c1-7-11-12-18(8-2)20(23-16-27)24-25(6)19(9-3)13-14-26(10-4)21(29)22-15-17(5)28/h7-8,11,16,19H,9-10,12-15H2,1-6H3,(H,22,29)(H,23,24,27)/b11-7-,18-8+. The monoisotopic (exact) mass is 407 g/mol. The van der Waals surface area contributed by atoms with Crippen LogP contribution in [0.3, 0.4) is 0 Å². The van der Waals surface area contributed by atoms with Gasteiger partial charge in [0.25, 0.3) is 0 Å². The molecule has 29 heavy (non-hydrogen) atoms. The highest BCUT2D eigenvalue weighted by Gasteiger charge is 2.17. The summed E-state index contributed by atoms with van der Waals surface area (Å²) in [4.78, 5) is 36.0. The van der Waals surface area contributed by atoms with Gasteiger partial charge >= 0.3 is 6.03 Å². The van der Waals surface area contributed by atoms with Gasteiger partial charge in [-0.1, -0.05) is 25.2 Å². The molecule has 8 nitrogen and oxygen atoms in total. The van der Waals surface area contributed by atoms with Crippen molar-refractivity contribution in [2.45, 2.75) is 59.9 Å². The van der Waals surface area contributed by atoms with Crippen molar-refractivity contribution < 1.29 is 14.4 Å². The predicted molar refractivity (Wildman–Crippen MR) is 118 cm³/mol. The van der Waals surface area contributed by atoms with Gasteiger partial charge in [-0.25, -0.2) is 4.79 Å². The summed E-state index contributed by atoms with van der Waals surface area (Å²) in [6.45, 7) is 10.4. The molecule has 0 rings (SSSR count). The normalized spacial score (nSPS) is 13.2. The number of amides is 3. The predicted octanol–water partition coefficient (Wildman–Crippen LogP) is 2.68. The number of Topliss-reactive ketones (excluding diaryl/α,β-unsaturated/α-hetero) is 1. The van der Waals surface area contributed by atoms with Crippen LogP contribution in [0.4, 0.5) is 4.79 Å². The molecule has 0 heterocycles. The van der Waals surface area contributed by atoms with Crippen LogP contribution in [-0.4, -0.2) is 66.7 Å². The van der Waals surface area contributed by atoms with E-state index in [0.717, 1.165) is 12.0 Å². The number of hydrogen-bond donors (Lipinski definition) is 2. The highest BCUT2D eigenvalue weighted by Crippen LogP contribution is 2.11. The molecule has 0 aromatic heterocycles. The zero-order valence-electron chi connectivity index (χ0n) is 18.7. The third-order valence-electron chi connectivity index (χ3n) is 4.57. The summed E-state index contributed by atoms with van der Waals surface area (Å²) in [5, 5.41) is 11.8. The Bertz CT molecular complexity index is 613. The maximum Gasteiger partial charge on any atom is 0.317 e. The van der Waals surface area contributed by atoms with Crippen molar-refractivity contribution in [2.75, 3.05) is 26.7 Å². The second-order valence-electron chi connectivity index (χ2n) is 6.66. The molecule has 0 fully saturated rings. The van der Waals surface area contributed by atoms with Crippen molar-refractivity contribution in [1.29, 1.82) is 0 Å². The first-order valence-corrected chi connectivity index (χ1v) is 10.1. The number of carbonyl (C=O) groups excluding carboxylic acids is 3. The van der Waals surface area contributed by atoms with Gasteiger partial charge in [0, 0.05) is 26.2 Å². The van der Waals surface area contributed by atoms with Crippen molar-refractivity contribution in [3.63, 3.8) is 0 Å². The van der Waals surface area contributed by atoms with Crippen molar-refractivity contribution in [2.24, 2.45) is 5.10 Å². The largest absolute Gasteiger partial charge is 0.331 e. The summed E-state index contributed by atoms with van der Waals surface area (Å²) < 4.78 is 0. The number of ketones is 1. The smallest absolute Gasteiger partial charge is 0.317 e. The summed E-state index contributed by atoms with van der Waals surface area (Å²) in [5.41, 5.74) is 0.927. The fraction of sp³-hybridized carbons (Fsp3) is 0.619. The Balaban J connectivity index is 5.16. The number of hydrazone groups is 1. The van der Waals surface area contributed by atoms with Gasteiger partial charge in [-0.3, -0.25) is 14.6 Å². The average molecular weight is 408 g/mol. The van der Waals surface area contributed by atoms with E-state index in [4.69, 9.17) is 0 Å². The summed E-state index contributed by atoms with van der Waals surface area (Å²) in [6.07, 6.45) is 8.75. The first kappa shape index (κ1) is 26.4. The van der Waals surface area contributed by atoms with E-state index in [1.807, 2.05) is 51.1 Å². The van der Waals surface area contributed by atoms with E-state index in [1.165, 1.54) is 6.92 Å². The van der Waals surface area contributed by atoms with Gasteiger partial charge in [-0.2, -0.15) is 5.10 Å². The van der Waals surface area contributed by atoms with Gasteiger partial charge in [-0.05, 0) is 52.5 Å². The highest BCUT2D eigenvalue weighted by atomic mass is 16.2. The van der Waals surface area contributed by atoms with Crippen LogP contribution >= 0.6 is 0 Å². The minimum absolute atomic E-state index is 0.0375. The van der Waals surface area contributed by atoms with Gasteiger partial charge < -0.3 is 15.5 Å². The van der Waals surface area contributed by atoms with Crippen molar-refractivity contribution in [3.05, 3.63) is 23.8 Å². The van der Waals surface area contributed by atoms with Crippen molar-refractivity contribution >= 4 is 24.1 Å². The van der Waals surface area contributed by atoms with E-state index < -0.39 is 0 Å². The highest BCUT2D eigenvalue weighted by molar-refractivity contribution is 6.03. The van der Waals surface area contributed by atoms with E-state index >= 15 is 0 Å². The van der Waals surface area contributed by atoms with Crippen LogP contribution in [-0.2, 0) is 9.59 Å². The Kier molecular flexibility index (Phi) is 13.9. The van der Waals surface area contributed by atoms with Gasteiger partial charge in [-0.15, -0.1) is 0 Å². The molecule has 1 atom stereocenters. The quantitative estimate of drug-likeness (QED) is 0.161. The van der Waals surface area contributed by atoms with Gasteiger partial charge in [0.2, 0.25) is 6.41 Å². The molecule has 0 bridgehead atoms. The minimum Gasteiger partial charge on any atom is -0.331 e. The Morgan fingerprint density at radius 3 is 2.38 bits per heavy atom. The van der Waals surface area contributed by atoms with Crippen LogP contribution in [0.1, 0.15) is 53.9 Å². The van der Waals surface area contributed by atoms with Crippen LogP contribution < -0.4 is 10.6 Å². The third-order valence-corrected chi connectivity index (χ3v) is 4.57. The number of hydrogen-bond acceptors (Lipinski definition) is 5. The lowest BCUT2D eigenvalue weighted by Gasteiger charge is -2.29. The number of rotatable bonds is 13. The van der Waals surface area contributed by atoms with Gasteiger partial charge in [0.05, 0.1) is 6.54 Å². The second-order valence-corrected chi connectivity index (χ2v) is 6.66. The average Bonchev–Trinajstić information content (AvgIpc) is 2.70. The molecule has 8 heteroatoms. The summed E-state index contributed by atoms with van der Waals surface area (Å²) >= 11 is 0. The van der Waals surface area contributed by atoms with Crippen LogP contribution in [0.15, 0.2) is 28.9 Å². The number of allylic oxidation sites excluding steroid dienone is 3. The first-order valence-electron chi connectivity index (χ1n) is 10.1. The molecule has 164 valence electrons. The number of nitrogens with one attached hydrogen (secondary N) is 2. The zero-order chi connectivity index (χ0) is 22.2. The summed E-state index contributed by atoms with van der Waals surface area (Å²) in [7, 11) is 1.87. The van der Waals surface area contributed by atoms with Gasteiger partial charge in [0.1, 0.15) is 5.78 Å². The number of amidine groups is 1. The second kappa shape index (κ2) is 15.3. The van der Waals surface area contributed by atoms with Crippen LogP contribution in [0.2, 0.25) is 0 Å². The molecule has 0 saturated heterocycles. The van der Waals surface area contributed by atoms with Crippen LogP contribution in [0, 0.1) is 0 Å². The summed E-state index contributed by atoms with van der Waals surface area (Å²) in [5.74, 6) is 0.441. The zero-order valence-corrected chi connectivity index (χ0v) is 18.7. The lowest BCUT2D eigenvalue weighted by molar-refractivity contribution is -0.116. The molecule has 0 aromatic rings. The number of carbonyl (C=O) groups is 3. The Hall–Kier alpha value is -2.64. The molecule has 0 aliphatic heterocycles. The van der Waals surface area contributed by atoms with E-state index in [-0.39, 0.29) is 24.4 Å². The first-order chi connectivity index (χ1) is 13.8. The lowest BCUT2D eigenvalue weighted by atomic mass is 10.1. The fourth-order valence-corrected chi connectivity index (χ4v) is 2.75. The molecule has 0 aliphatic carbocycles. The molecule has 0 radical (unpaired) electrons. The molecule has 3 amide bonds. The third kappa shape index (κ3) is 10.5. The maximum atomic E-state index is 12.2. The molecule has 2 N–H and O–H groups in total. The maximum absolute atomic E-state index is 12.2. The van der Waals surface area contributed by atoms with E-state index in [0.29, 0.717) is 38.2 Å². The topological polar surface area (TPSA) is 94.1 Å². The molecule has 0 saturated carbocycles. The molecular formula is C21H37N5O3. The molecule has 0 spiro atoms. The minimum atomic E-state index is -0.241. The molecular weight excluding hydrogens is 370 g/mol. The van der Waals surface area contributed by atoms with E-state index in [9.17, 15) is 14.4 Å². The summed E-state index contributed by atoms with van der Waals surface area (Å²) in [6, 6.07) is -0.150. The Morgan fingerprint density at radius 2 is 1.90 bits per heavy atom. The van der Waals surface area contributed by atoms with Crippen LogP contribution in [0.25, 0.3) is 0 Å². The Labute approximate surface area is 175 Å². The van der Waals surface area contributed by atoms with E-state index in [2.05, 4.69) is 22.7 Å². The molecule has 1 unspecified atom stereocenters. The molecule has 0 aromatic carbocycles. The van der Waals surface area contributed by atoms with E-state index in [1.54, 1.807) is 4.90 Å². The Morgan fingerprint density at radius 1 is 1.21 bits per heavy atom. The van der Waals surface area contributed by atoms with Crippen LogP contribution in [0.5, 0.6) is 0 Å². The molecule has 0 aliphatic rings. The number of nitrogens with zero attached hydrogens (tertiary/aromatic N) is 3. The lowest BCUT2D eigenvalue weighted by Crippen LogP contribution is -2.43. The fourth-order valence-electron chi connectivity index (χ4n) is 2.75. The number of urea groups is 1. The SMILES string of the molecule is C/C=C\CC(=C\C)/C(=N/N(C)C(CC)CCN(CC)C(=O)NCC(C)=O)NC=O. The van der Waals surface area contributed by atoms with Crippen molar-refractivity contribution in [1.82, 2.24) is 20.5 Å². The van der Waals surface area contributed by atoms with Crippen molar-refractivity contribution in [3.8, 4) is 0 Å².